The molecule has 1 aromatic rings. The third-order valence-corrected chi connectivity index (χ3v) is 5.46. The molecule has 1 saturated carbocycles. The molecule has 1 saturated heterocycles. The molecule has 3 atom stereocenters. The van der Waals surface area contributed by atoms with Crippen LogP contribution in [-0.4, -0.2) is 48.2 Å². The summed E-state index contributed by atoms with van der Waals surface area (Å²) in [5.41, 5.74) is -0.855. The number of carbonyl (C=O) groups is 3. The summed E-state index contributed by atoms with van der Waals surface area (Å²) in [4.78, 5) is 39.6. The van der Waals surface area contributed by atoms with Gasteiger partial charge in [-0.25, -0.2) is 4.79 Å². The van der Waals surface area contributed by atoms with Crippen molar-refractivity contribution in [2.45, 2.75) is 46.3 Å². The Kier molecular flexibility index (Phi) is 5.87. The summed E-state index contributed by atoms with van der Waals surface area (Å²) in [5, 5.41) is 0. The van der Waals surface area contributed by atoms with Crippen molar-refractivity contribution >= 4 is 18.0 Å². The van der Waals surface area contributed by atoms with Crippen molar-refractivity contribution in [2.24, 2.45) is 17.3 Å². The average molecular weight is 403 g/mol. The summed E-state index contributed by atoms with van der Waals surface area (Å²) in [6.07, 6.45) is 0.0353. The molecule has 1 aromatic carbocycles. The lowest BCUT2D eigenvalue weighted by molar-refractivity contribution is -0.166. The monoisotopic (exact) mass is 403 g/mol. The Balaban J connectivity index is 1.72. The minimum atomic E-state index is -1.05. The zero-order chi connectivity index (χ0) is 21.2. The second-order valence-electron chi connectivity index (χ2n) is 8.63. The van der Waals surface area contributed by atoms with Crippen molar-refractivity contribution in [3.63, 3.8) is 0 Å². The van der Waals surface area contributed by atoms with Crippen molar-refractivity contribution in [2.75, 3.05) is 19.7 Å². The first-order valence-electron chi connectivity index (χ1n) is 10.0. The molecule has 1 heterocycles. The van der Waals surface area contributed by atoms with Crippen molar-refractivity contribution < 1.29 is 28.6 Å². The van der Waals surface area contributed by atoms with Crippen LogP contribution in [0.25, 0.3) is 0 Å². The fourth-order valence-corrected chi connectivity index (χ4v) is 4.14. The van der Waals surface area contributed by atoms with Gasteiger partial charge < -0.3 is 19.1 Å². The van der Waals surface area contributed by atoms with E-state index < -0.39 is 35.0 Å². The molecule has 1 aliphatic heterocycles. The quantitative estimate of drug-likeness (QED) is 0.555. The third kappa shape index (κ3) is 4.38. The lowest BCUT2D eigenvalue weighted by atomic mass is 9.96. The van der Waals surface area contributed by atoms with Crippen molar-refractivity contribution in [1.29, 1.82) is 0 Å². The Morgan fingerprint density at radius 3 is 2.45 bits per heavy atom. The third-order valence-electron chi connectivity index (χ3n) is 5.46. The molecule has 0 radical (unpaired) electrons. The summed E-state index contributed by atoms with van der Waals surface area (Å²) in [5.74, 6) is -1.60. The number of benzene rings is 1. The standard InChI is InChI=1S/C22H29NO6/c1-5-27-18(24)17-16-11-12-23(14-22(16,17)19(25)29-21(2,3)4)20(26)28-13-15-9-7-6-8-10-15/h6-10,16-17H,5,11-14H2,1-4H3. The maximum absolute atomic E-state index is 13.0. The highest BCUT2D eigenvalue weighted by atomic mass is 16.6. The number of fused-ring (bicyclic) bond motifs is 1. The van der Waals surface area contributed by atoms with Crippen LogP contribution in [0.4, 0.5) is 4.79 Å². The maximum atomic E-state index is 13.0. The van der Waals surface area contributed by atoms with Crippen LogP contribution in [0.15, 0.2) is 30.3 Å². The first kappa shape index (κ1) is 21.1. The number of nitrogens with zero attached hydrogens (tertiary/aromatic N) is 1. The van der Waals surface area contributed by atoms with E-state index in [0.717, 1.165) is 5.56 Å². The van der Waals surface area contributed by atoms with E-state index in [9.17, 15) is 14.4 Å². The number of esters is 2. The topological polar surface area (TPSA) is 82.1 Å². The van der Waals surface area contributed by atoms with Crippen molar-refractivity contribution in [1.82, 2.24) is 4.90 Å². The van der Waals surface area contributed by atoms with Gasteiger partial charge in [-0.2, -0.15) is 0 Å². The molecule has 1 aliphatic carbocycles. The van der Waals surface area contributed by atoms with Crippen LogP contribution >= 0.6 is 0 Å². The zero-order valence-corrected chi connectivity index (χ0v) is 17.5. The number of hydrogen-bond donors (Lipinski definition) is 0. The average Bonchev–Trinajstić information content (AvgIpc) is 3.35. The van der Waals surface area contributed by atoms with Gasteiger partial charge >= 0.3 is 18.0 Å². The molecule has 0 N–H and O–H groups in total. The van der Waals surface area contributed by atoms with Crippen LogP contribution in [0, 0.1) is 17.3 Å². The summed E-state index contributed by atoms with van der Waals surface area (Å²) < 4.78 is 16.2. The van der Waals surface area contributed by atoms with Gasteiger partial charge in [-0.1, -0.05) is 30.3 Å². The smallest absolute Gasteiger partial charge is 0.410 e. The van der Waals surface area contributed by atoms with Crippen LogP contribution in [-0.2, 0) is 30.4 Å². The Morgan fingerprint density at radius 2 is 1.83 bits per heavy atom. The first-order chi connectivity index (χ1) is 13.7. The number of hydrogen-bond acceptors (Lipinski definition) is 6. The molecule has 0 spiro atoms. The van der Waals surface area contributed by atoms with Crippen molar-refractivity contribution in [3.05, 3.63) is 35.9 Å². The molecule has 3 unspecified atom stereocenters. The van der Waals surface area contributed by atoms with Gasteiger partial charge in [-0.05, 0) is 45.6 Å². The molecular formula is C22H29NO6. The minimum absolute atomic E-state index is 0.101. The second kappa shape index (κ2) is 8.05. The van der Waals surface area contributed by atoms with Crippen LogP contribution < -0.4 is 0 Å². The highest BCUT2D eigenvalue weighted by molar-refractivity contribution is 5.93. The largest absolute Gasteiger partial charge is 0.466 e. The molecule has 7 nitrogen and oxygen atoms in total. The van der Waals surface area contributed by atoms with E-state index in [4.69, 9.17) is 14.2 Å². The fourth-order valence-electron chi connectivity index (χ4n) is 4.14. The van der Waals surface area contributed by atoms with Gasteiger partial charge in [0, 0.05) is 13.1 Å². The summed E-state index contributed by atoms with van der Waals surface area (Å²) in [7, 11) is 0. The highest BCUT2D eigenvalue weighted by Crippen LogP contribution is 2.64. The van der Waals surface area contributed by atoms with E-state index >= 15 is 0 Å². The Hall–Kier alpha value is -2.57. The van der Waals surface area contributed by atoms with Gasteiger partial charge in [0.1, 0.15) is 17.6 Å². The molecular weight excluding hydrogens is 374 g/mol. The summed E-state index contributed by atoms with van der Waals surface area (Å²) >= 11 is 0. The number of carbonyl (C=O) groups excluding carboxylic acids is 3. The summed E-state index contributed by atoms with van der Waals surface area (Å²) in [6, 6.07) is 9.39. The number of ether oxygens (including phenoxy) is 3. The van der Waals surface area contributed by atoms with E-state index in [1.54, 1.807) is 27.7 Å². The molecule has 29 heavy (non-hydrogen) atoms. The number of amides is 1. The Morgan fingerprint density at radius 1 is 1.14 bits per heavy atom. The number of rotatable bonds is 5. The van der Waals surface area contributed by atoms with E-state index in [-0.39, 0.29) is 25.7 Å². The van der Waals surface area contributed by atoms with Crippen LogP contribution in [0.5, 0.6) is 0 Å². The molecule has 2 fully saturated rings. The van der Waals surface area contributed by atoms with Gasteiger partial charge in [-0.15, -0.1) is 0 Å². The highest BCUT2D eigenvalue weighted by Gasteiger charge is 2.76. The van der Waals surface area contributed by atoms with Gasteiger partial charge in [0.25, 0.3) is 0 Å². The lowest BCUT2D eigenvalue weighted by Gasteiger charge is -2.32. The molecule has 158 valence electrons. The van der Waals surface area contributed by atoms with Crippen LogP contribution in [0.2, 0.25) is 0 Å². The van der Waals surface area contributed by atoms with E-state index in [1.807, 2.05) is 30.3 Å². The number of likely N-dealkylation sites (tertiary alicyclic amines) is 1. The van der Waals surface area contributed by atoms with Crippen LogP contribution in [0.1, 0.15) is 39.7 Å². The van der Waals surface area contributed by atoms with E-state index in [2.05, 4.69) is 0 Å². The number of piperidine rings is 1. The Bertz CT molecular complexity index is 771. The molecule has 7 heteroatoms. The van der Waals surface area contributed by atoms with E-state index in [0.29, 0.717) is 13.0 Å². The second-order valence-corrected chi connectivity index (χ2v) is 8.63. The van der Waals surface area contributed by atoms with Crippen LogP contribution in [0.3, 0.4) is 0 Å². The summed E-state index contributed by atoms with van der Waals surface area (Å²) in [6.45, 7) is 8.02. The first-order valence-corrected chi connectivity index (χ1v) is 10.0. The fraction of sp³-hybridized carbons (Fsp3) is 0.591. The van der Waals surface area contributed by atoms with Crippen molar-refractivity contribution in [3.8, 4) is 0 Å². The molecule has 2 aliphatic rings. The molecule has 0 bridgehead atoms. The normalized spacial score (nSPS) is 25.6. The SMILES string of the molecule is CCOC(=O)C1C2CCN(C(=O)OCc3ccccc3)CC21C(=O)OC(C)(C)C. The molecule has 0 aromatic heterocycles. The maximum Gasteiger partial charge on any atom is 0.410 e. The minimum Gasteiger partial charge on any atom is -0.466 e. The zero-order valence-electron chi connectivity index (χ0n) is 17.5. The predicted molar refractivity (Wildman–Crippen MR) is 105 cm³/mol. The predicted octanol–water partition coefficient (Wildman–Crippen LogP) is 3.17. The van der Waals surface area contributed by atoms with Gasteiger partial charge in [0.05, 0.1) is 12.5 Å². The van der Waals surface area contributed by atoms with Gasteiger partial charge in [0.15, 0.2) is 0 Å². The van der Waals surface area contributed by atoms with E-state index in [1.165, 1.54) is 4.90 Å². The lowest BCUT2D eigenvalue weighted by Crippen LogP contribution is -2.46. The Labute approximate surface area is 171 Å². The van der Waals surface area contributed by atoms with Gasteiger partial charge in [-0.3, -0.25) is 9.59 Å². The molecule has 3 rings (SSSR count). The molecule has 1 amide bonds. The van der Waals surface area contributed by atoms with Gasteiger partial charge in [0.2, 0.25) is 0 Å².